The quantitative estimate of drug-likeness (QED) is 0.759. The van der Waals surface area contributed by atoms with E-state index in [9.17, 15) is 9.59 Å². The van der Waals surface area contributed by atoms with E-state index in [1.54, 1.807) is 36.0 Å². The van der Waals surface area contributed by atoms with Crippen LogP contribution in [0.15, 0.2) is 12.3 Å². The third-order valence-corrected chi connectivity index (χ3v) is 4.53. The van der Waals surface area contributed by atoms with Gasteiger partial charge in [-0.25, -0.2) is 9.97 Å². The van der Waals surface area contributed by atoms with Crippen LogP contribution in [0.5, 0.6) is 0 Å². The minimum absolute atomic E-state index is 0.0219. The molecule has 2 fully saturated rings. The standard InChI is InChI=1S/C16H22N4O3/c1-12-17-7-5-13(18-12)14(21)20-9-10-23-16(11-20)6-3-4-8-19(2)15(16)22/h5,7H,3-4,6,8-11H2,1-2H3. The van der Waals surface area contributed by atoms with Gasteiger partial charge in [-0.3, -0.25) is 9.59 Å². The molecule has 7 heteroatoms. The summed E-state index contributed by atoms with van der Waals surface area (Å²) in [6, 6.07) is 1.61. The molecule has 7 nitrogen and oxygen atoms in total. The van der Waals surface area contributed by atoms with Gasteiger partial charge < -0.3 is 14.5 Å². The second-order valence-corrected chi connectivity index (χ2v) is 6.24. The van der Waals surface area contributed by atoms with E-state index < -0.39 is 5.60 Å². The number of carbonyl (C=O) groups excluding carboxylic acids is 2. The van der Waals surface area contributed by atoms with Crippen LogP contribution in [0.3, 0.4) is 0 Å². The molecule has 1 aromatic rings. The first-order valence-corrected chi connectivity index (χ1v) is 8.00. The molecule has 2 aliphatic heterocycles. The van der Waals surface area contributed by atoms with E-state index in [0.29, 0.717) is 31.1 Å². The molecule has 0 radical (unpaired) electrons. The summed E-state index contributed by atoms with van der Waals surface area (Å²) in [7, 11) is 1.80. The van der Waals surface area contributed by atoms with E-state index in [1.165, 1.54) is 0 Å². The number of likely N-dealkylation sites (tertiary alicyclic amines) is 1. The summed E-state index contributed by atoms with van der Waals surface area (Å²) < 4.78 is 5.89. The second-order valence-electron chi connectivity index (χ2n) is 6.24. The topological polar surface area (TPSA) is 75.6 Å². The highest BCUT2D eigenvalue weighted by Crippen LogP contribution is 2.29. The van der Waals surface area contributed by atoms with Crippen molar-refractivity contribution in [3.8, 4) is 0 Å². The van der Waals surface area contributed by atoms with Crippen LogP contribution in [0, 0.1) is 6.92 Å². The summed E-state index contributed by atoms with van der Waals surface area (Å²) in [6.07, 6.45) is 4.12. The fraction of sp³-hybridized carbons (Fsp3) is 0.625. The normalized spacial score (nSPS) is 25.6. The first-order valence-electron chi connectivity index (χ1n) is 8.00. The van der Waals surface area contributed by atoms with Crippen molar-refractivity contribution in [3.63, 3.8) is 0 Å². The Hall–Kier alpha value is -2.02. The predicted octanol–water partition coefficient (Wildman–Crippen LogP) is 0.639. The van der Waals surface area contributed by atoms with E-state index in [-0.39, 0.29) is 18.4 Å². The van der Waals surface area contributed by atoms with Crippen molar-refractivity contribution >= 4 is 11.8 Å². The third-order valence-electron chi connectivity index (χ3n) is 4.53. The molecule has 3 rings (SSSR count). The van der Waals surface area contributed by atoms with Gasteiger partial charge in [0.2, 0.25) is 0 Å². The highest BCUT2D eigenvalue weighted by Gasteiger charge is 2.47. The molecule has 124 valence electrons. The Balaban J connectivity index is 1.82. The third kappa shape index (κ3) is 3.06. The highest BCUT2D eigenvalue weighted by atomic mass is 16.5. The van der Waals surface area contributed by atoms with Crippen LogP contribution >= 0.6 is 0 Å². The van der Waals surface area contributed by atoms with Crippen LogP contribution in [-0.2, 0) is 9.53 Å². The minimum atomic E-state index is -0.902. The van der Waals surface area contributed by atoms with Gasteiger partial charge in [-0.1, -0.05) is 0 Å². The molecule has 2 amide bonds. The smallest absolute Gasteiger partial charge is 0.272 e. The molecule has 0 N–H and O–H groups in total. The molecule has 2 saturated heterocycles. The van der Waals surface area contributed by atoms with Crippen LogP contribution < -0.4 is 0 Å². The Labute approximate surface area is 135 Å². The Morgan fingerprint density at radius 3 is 2.96 bits per heavy atom. The number of hydrogen-bond donors (Lipinski definition) is 0. The van der Waals surface area contributed by atoms with Gasteiger partial charge >= 0.3 is 0 Å². The van der Waals surface area contributed by atoms with Crippen molar-refractivity contribution < 1.29 is 14.3 Å². The van der Waals surface area contributed by atoms with E-state index in [4.69, 9.17) is 4.74 Å². The van der Waals surface area contributed by atoms with Gasteiger partial charge in [-0.2, -0.15) is 0 Å². The van der Waals surface area contributed by atoms with Gasteiger partial charge in [0.1, 0.15) is 11.5 Å². The van der Waals surface area contributed by atoms with Crippen LogP contribution in [0.25, 0.3) is 0 Å². The maximum atomic E-state index is 12.7. The highest BCUT2D eigenvalue weighted by molar-refractivity contribution is 5.93. The molecule has 0 bridgehead atoms. The van der Waals surface area contributed by atoms with Crippen molar-refractivity contribution in [2.45, 2.75) is 31.8 Å². The summed E-state index contributed by atoms with van der Waals surface area (Å²) in [6.45, 7) is 3.62. The minimum Gasteiger partial charge on any atom is -0.361 e. The molecule has 2 aliphatic rings. The zero-order valence-corrected chi connectivity index (χ0v) is 13.6. The van der Waals surface area contributed by atoms with Crippen molar-refractivity contribution in [1.82, 2.24) is 19.8 Å². The predicted molar refractivity (Wildman–Crippen MR) is 82.8 cm³/mol. The van der Waals surface area contributed by atoms with E-state index in [0.717, 1.165) is 19.4 Å². The van der Waals surface area contributed by atoms with Gasteiger partial charge in [0.15, 0.2) is 5.60 Å². The second kappa shape index (κ2) is 6.23. The Bertz CT molecular complexity index is 621. The number of aryl methyl sites for hydroxylation is 1. The van der Waals surface area contributed by atoms with Crippen LogP contribution in [-0.4, -0.2) is 70.5 Å². The molecule has 0 aromatic carbocycles. The van der Waals surface area contributed by atoms with Crippen molar-refractivity contribution in [2.24, 2.45) is 0 Å². The zero-order chi connectivity index (χ0) is 16.4. The van der Waals surface area contributed by atoms with Crippen LogP contribution in [0.4, 0.5) is 0 Å². The molecular weight excluding hydrogens is 296 g/mol. The fourth-order valence-electron chi connectivity index (χ4n) is 3.29. The Morgan fingerprint density at radius 2 is 2.17 bits per heavy atom. The summed E-state index contributed by atoms with van der Waals surface area (Å²) in [5.74, 6) is 0.369. The average Bonchev–Trinajstić information content (AvgIpc) is 2.69. The number of amides is 2. The van der Waals surface area contributed by atoms with E-state index in [1.807, 2.05) is 0 Å². The van der Waals surface area contributed by atoms with E-state index >= 15 is 0 Å². The maximum absolute atomic E-state index is 12.7. The molecule has 1 spiro atoms. The van der Waals surface area contributed by atoms with Gasteiger partial charge in [-0.05, 0) is 32.3 Å². The molecule has 1 atom stereocenters. The molecule has 1 unspecified atom stereocenters. The monoisotopic (exact) mass is 318 g/mol. The number of ether oxygens (including phenoxy) is 1. The number of carbonyl (C=O) groups is 2. The van der Waals surface area contributed by atoms with Gasteiger partial charge in [-0.15, -0.1) is 0 Å². The summed E-state index contributed by atoms with van der Waals surface area (Å²) >= 11 is 0. The van der Waals surface area contributed by atoms with Gasteiger partial charge in [0.05, 0.1) is 13.2 Å². The van der Waals surface area contributed by atoms with Crippen LogP contribution in [0.1, 0.15) is 35.6 Å². The number of rotatable bonds is 1. The maximum Gasteiger partial charge on any atom is 0.272 e. The molecule has 0 saturated carbocycles. The van der Waals surface area contributed by atoms with Crippen LogP contribution in [0.2, 0.25) is 0 Å². The van der Waals surface area contributed by atoms with Gasteiger partial charge in [0, 0.05) is 26.3 Å². The number of nitrogens with zero attached hydrogens (tertiary/aromatic N) is 4. The number of hydrogen-bond acceptors (Lipinski definition) is 5. The molecule has 1 aromatic heterocycles. The number of likely N-dealkylation sites (N-methyl/N-ethyl adjacent to an activating group) is 1. The zero-order valence-electron chi connectivity index (χ0n) is 13.6. The average molecular weight is 318 g/mol. The van der Waals surface area contributed by atoms with Gasteiger partial charge in [0.25, 0.3) is 11.8 Å². The first kappa shape index (κ1) is 15.9. The fourth-order valence-corrected chi connectivity index (χ4v) is 3.29. The van der Waals surface area contributed by atoms with Crippen molar-refractivity contribution in [2.75, 3.05) is 33.3 Å². The van der Waals surface area contributed by atoms with E-state index in [2.05, 4.69) is 9.97 Å². The molecular formula is C16H22N4O3. The summed E-state index contributed by atoms with van der Waals surface area (Å²) in [4.78, 5) is 37.0. The number of aromatic nitrogens is 2. The van der Waals surface area contributed by atoms with Crippen molar-refractivity contribution in [3.05, 3.63) is 23.8 Å². The largest absolute Gasteiger partial charge is 0.361 e. The number of morpholine rings is 1. The lowest BCUT2D eigenvalue weighted by atomic mass is 9.94. The lowest BCUT2D eigenvalue weighted by Gasteiger charge is -2.42. The van der Waals surface area contributed by atoms with Crippen molar-refractivity contribution in [1.29, 1.82) is 0 Å². The Morgan fingerprint density at radius 1 is 1.35 bits per heavy atom. The SMILES string of the molecule is Cc1nccc(C(=O)N2CCOC3(CCCCN(C)C3=O)C2)n1. The molecule has 3 heterocycles. The molecule has 0 aliphatic carbocycles. The summed E-state index contributed by atoms with van der Waals surface area (Å²) in [5.41, 5.74) is -0.537. The molecule has 23 heavy (non-hydrogen) atoms. The first-order chi connectivity index (χ1) is 11.0. The lowest BCUT2D eigenvalue weighted by molar-refractivity contribution is -0.166. The summed E-state index contributed by atoms with van der Waals surface area (Å²) in [5, 5.41) is 0. The Kier molecular flexibility index (Phi) is 4.30. The lowest BCUT2D eigenvalue weighted by Crippen LogP contribution is -2.60.